The third-order valence-corrected chi connectivity index (χ3v) is 3.23. The van der Waals surface area contributed by atoms with Crippen LogP contribution in [0.5, 0.6) is 5.75 Å². The first-order valence-electron chi connectivity index (χ1n) is 6.85. The van der Waals surface area contributed by atoms with Gasteiger partial charge >= 0.3 is 5.69 Å². The molecule has 1 N–H and O–H groups in total. The summed E-state index contributed by atoms with van der Waals surface area (Å²) in [5.41, 5.74) is -0.182. The summed E-state index contributed by atoms with van der Waals surface area (Å²) in [6, 6.07) is 3.79. The summed E-state index contributed by atoms with van der Waals surface area (Å²) in [7, 11) is 0. The van der Waals surface area contributed by atoms with E-state index in [0.717, 1.165) is 18.9 Å². The Labute approximate surface area is 126 Å². The zero-order valence-electron chi connectivity index (χ0n) is 11.8. The highest BCUT2D eigenvalue weighted by molar-refractivity contribution is 5.79. The van der Waals surface area contributed by atoms with E-state index in [4.69, 9.17) is 9.47 Å². The number of hydrogen-bond acceptors (Lipinski definition) is 6. The lowest BCUT2D eigenvalue weighted by Crippen LogP contribution is -2.35. The Hall–Kier alpha value is -2.48. The van der Waals surface area contributed by atoms with Crippen LogP contribution in [0.1, 0.15) is 23.2 Å². The Morgan fingerprint density at radius 3 is 3.00 bits per heavy atom. The molecule has 1 aliphatic rings. The van der Waals surface area contributed by atoms with Gasteiger partial charge in [0, 0.05) is 24.8 Å². The maximum atomic E-state index is 11.7. The summed E-state index contributed by atoms with van der Waals surface area (Å²) in [5, 5.41) is 13.6. The number of aldehydes is 1. The molecule has 0 bridgehead atoms. The number of amides is 1. The lowest BCUT2D eigenvalue weighted by Gasteiger charge is -2.11. The second-order valence-corrected chi connectivity index (χ2v) is 4.83. The van der Waals surface area contributed by atoms with Gasteiger partial charge in [-0.1, -0.05) is 0 Å². The molecule has 0 radical (unpaired) electrons. The van der Waals surface area contributed by atoms with E-state index in [1.165, 1.54) is 12.1 Å². The summed E-state index contributed by atoms with van der Waals surface area (Å²) in [6.07, 6.45) is 2.40. The molecular formula is C14H16N2O6. The predicted octanol–water partition coefficient (Wildman–Crippen LogP) is 1.08. The number of rotatable bonds is 7. The highest BCUT2D eigenvalue weighted by atomic mass is 16.6. The Morgan fingerprint density at radius 2 is 2.36 bits per heavy atom. The zero-order chi connectivity index (χ0) is 15.9. The predicted molar refractivity (Wildman–Crippen MR) is 76.0 cm³/mol. The fraction of sp³-hybridized carbons (Fsp3) is 0.429. The van der Waals surface area contributed by atoms with Crippen LogP contribution in [0.25, 0.3) is 0 Å². The van der Waals surface area contributed by atoms with Crippen LogP contribution in [0.4, 0.5) is 5.69 Å². The molecule has 0 saturated carbocycles. The van der Waals surface area contributed by atoms with Crippen LogP contribution in [0.15, 0.2) is 18.2 Å². The number of benzene rings is 1. The summed E-state index contributed by atoms with van der Waals surface area (Å²) in [6.45, 7) is 0.759. The van der Waals surface area contributed by atoms with Gasteiger partial charge in [-0.05, 0) is 25.0 Å². The van der Waals surface area contributed by atoms with Gasteiger partial charge in [0.1, 0.15) is 6.29 Å². The first-order chi connectivity index (χ1) is 10.6. The van der Waals surface area contributed by atoms with Crippen LogP contribution < -0.4 is 10.1 Å². The van der Waals surface area contributed by atoms with Crippen molar-refractivity contribution in [3.05, 3.63) is 33.9 Å². The number of nitro groups is 1. The van der Waals surface area contributed by atoms with Crippen molar-refractivity contribution in [2.45, 2.75) is 18.9 Å². The van der Waals surface area contributed by atoms with Crippen molar-refractivity contribution in [3.8, 4) is 5.75 Å². The first kappa shape index (κ1) is 15.9. The lowest BCUT2D eigenvalue weighted by molar-refractivity contribution is -0.385. The van der Waals surface area contributed by atoms with Gasteiger partial charge in [0.2, 0.25) is 0 Å². The van der Waals surface area contributed by atoms with E-state index in [1.807, 2.05) is 0 Å². The van der Waals surface area contributed by atoms with Crippen molar-refractivity contribution in [1.29, 1.82) is 0 Å². The maximum absolute atomic E-state index is 11.7. The van der Waals surface area contributed by atoms with Gasteiger partial charge in [-0.25, -0.2) is 0 Å². The van der Waals surface area contributed by atoms with Crippen LogP contribution in [-0.4, -0.2) is 43.0 Å². The van der Waals surface area contributed by atoms with E-state index in [-0.39, 0.29) is 35.6 Å². The molecule has 1 heterocycles. The van der Waals surface area contributed by atoms with E-state index in [9.17, 15) is 19.7 Å². The number of carbonyl (C=O) groups excluding carboxylic acids is 2. The molecule has 0 aliphatic carbocycles. The maximum Gasteiger partial charge on any atom is 0.311 e. The van der Waals surface area contributed by atoms with Crippen LogP contribution in [0.2, 0.25) is 0 Å². The fourth-order valence-corrected chi connectivity index (χ4v) is 2.10. The van der Waals surface area contributed by atoms with Crippen molar-refractivity contribution in [2.75, 3.05) is 19.8 Å². The highest BCUT2D eigenvalue weighted by Crippen LogP contribution is 2.27. The number of nitro benzene ring substituents is 1. The number of nitrogens with zero attached hydrogens (tertiary/aromatic N) is 1. The summed E-state index contributed by atoms with van der Waals surface area (Å²) >= 11 is 0. The first-order valence-corrected chi connectivity index (χ1v) is 6.85. The second-order valence-electron chi connectivity index (χ2n) is 4.83. The van der Waals surface area contributed by atoms with Gasteiger partial charge in [0.15, 0.2) is 12.4 Å². The molecule has 0 unspecified atom stereocenters. The Morgan fingerprint density at radius 1 is 1.55 bits per heavy atom. The Balaban J connectivity index is 1.88. The number of carbonyl (C=O) groups is 2. The topological polar surface area (TPSA) is 108 Å². The Bertz CT molecular complexity index is 568. The molecule has 1 aliphatic heterocycles. The molecule has 1 fully saturated rings. The largest absolute Gasteiger partial charge is 0.477 e. The quantitative estimate of drug-likeness (QED) is 0.459. The normalized spacial score (nSPS) is 17.0. The van der Waals surface area contributed by atoms with Gasteiger partial charge in [-0.2, -0.15) is 0 Å². The van der Waals surface area contributed by atoms with Crippen molar-refractivity contribution < 1.29 is 24.0 Å². The monoisotopic (exact) mass is 308 g/mol. The summed E-state index contributed by atoms with van der Waals surface area (Å²) in [4.78, 5) is 32.6. The average molecular weight is 308 g/mol. The molecule has 1 amide bonds. The van der Waals surface area contributed by atoms with E-state index < -0.39 is 4.92 Å². The van der Waals surface area contributed by atoms with Crippen molar-refractivity contribution in [3.63, 3.8) is 0 Å². The van der Waals surface area contributed by atoms with Crippen LogP contribution >= 0.6 is 0 Å². The average Bonchev–Trinajstić information content (AvgIpc) is 3.04. The van der Waals surface area contributed by atoms with E-state index in [1.54, 1.807) is 0 Å². The minimum Gasteiger partial charge on any atom is -0.477 e. The smallest absolute Gasteiger partial charge is 0.311 e. The van der Waals surface area contributed by atoms with Crippen LogP contribution in [0, 0.1) is 10.1 Å². The van der Waals surface area contributed by atoms with Crippen LogP contribution in [-0.2, 0) is 9.53 Å². The molecule has 118 valence electrons. The van der Waals surface area contributed by atoms with Crippen molar-refractivity contribution >= 4 is 17.9 Å². The zero-order valence-corrected chi connectivity index (χ0v) is 11.8. The standard InChI is InChI=1S/C14H16N2O6/c17-8-10-3-4-13(12(6-10)16(19)20)22-9-14(18)15-7-11-2-1-5-21-11/h3-4,6,8,11H,1-2,5,7,9H2,(H,15,18)/t11-/m1/s1. The number of hydrogen-bond donors (Lipinski definition) is 1. The van der Waals surface area contributed by atoms with Crippen LogP contribution in [0.3, 0.4) is 0 Å². The molecule has 1 aromatic carbocycles. The van der Waals surface area contributed by atoms with Crippen molar-refractivity contribution in [2.24, 2.45) is 0 Å². The summed E-state index contributed by atoms with van der Waals surface area (Å²) < 4.78 is 10.5. The third-order valence-electron chi connectivity index (χ3n) is 3.23. The molecule has 22 heavy (non-hydrogen) atoms. The van der Waals surface area contributed by atoms with Gasteiger partial charge < -0.3 is 14.8 Å². The molecule has 0 spiro atoms. The van der Waals surface area contributed by atoms with Gasteiger partial charge in [0.25, 0.3) is 5.91 Å². The second kappa shape index (κ2) is 7.51. The van der Waals surface area contributed by atoms with E-state index in [2.05, 4.69) is 5.32 Å². The molecule has 1 atom stereocenters. The lowest BCUT2D eigenvalue weighted by atomic mass is 10.2. The van der Waals surface area contributed by atoms with Gasteiger partial charge in [-0.3, -0.25) is 19.7 Å². The Kier molecular flexibility index (Phi) is 5.42. The molecular weight excluding hydrogens is 292 g/mol. The van der Waals surface area contributed by atoms with E-state index in [0.29, 0.717) is 19.4 Å². The van der Waals surface area contributed by atoms with Gasteiger partial charge in [-0.15, -0.1) is 0 Å². The minimum absolute atomic E-state index is 0.0187. The minimum atomic E-state index is -0.660. The van der Waals surface area contributed by atoms with Gasteiger partial charge in [0.05, 0.1) is 11.0 Å². The molecule has 0 aromatic heterocycles. The number of ether oxygens (including phenoxy) is 2. The number of nitrogens with one attached hydrogen (secondary N) is 1. The highest BCUT2D eigenvalue weighted by Gasteiger charge is 2.19. The SMILES string of the molecule is O=Cc1ccc(OCC(=O)NC[C@H]2CCCO2)c([N+](=O)[O-])c1. The molecule has 1 aromatic rings. The molecule has 2 rings (SSSR count). The molecule has 8 heteroatoms. The molecule has 1 saturated heterocycles. The third kappa shape index (κ3) is 4.26. The summed E-state index contributed by atoms with van der Waals surface area (Å²) in [5.74, 6) is -0.438. The fourth-order valence-electron chi connectivity index (χ4n) is 2.10. The van der Waals surface area contributed by atoms with E-state index >= 15 is 0 Å². The van der Waals surface area contributed by atoms with Crippen molar-refractivity contribution in [1.82, 2.24) is 5.32 Å². The molecule has 8 nitrogen and oxygen atoms in total.